The molecule has 23 heavy (non-hydrogen) atoms. The Morgan fingerprint density at radius 1 is 1.17 bits per heavy atom. The smallest absolute Gasteiger partial charge is 0.266 e. The van der Waals surface area contributed by atoms with Crippen molar-refractivity contribution >= 4 is 21.7 Å². The van der Waals surface area contributed by atoms with Crippen molar-refractivity contribution in [2.75, 3.05) is 12.4 Å². The van der Waals surface area contributed by atoms with Gasteiger partial charge in [0.15, 0.2) is 0 Å². The molecule has 0 aliphatic carbocycles. The highest BCUT2D eigenvalue weighted by Gasteiger charge is 2.26. The Morgan fingerprint density at radius 3 is 2.61 bits per heavy atom. The van der Waals surface area contributed by atoms with Gasteiger partial charge in [0.05, 0.1) is 19.3 Å². The summed E-state index contributed by atoms with van der Waals surface area (Å²) >= 11 is 0. The third-order valence-electron chi connectivity index (χ3n) is 3.30. The molecule has 0 aromatic heterocycles. The van der Waals surface area contributed by atoms with Crippen LogP contribution < -0.4 is 14.8 Å². The molecule has 1 aliphatic heterocycles. The number of benzene rings is 2. The summed E-state index contributed by atoms with van der Waals surface area (Å²) in [6, 6.07) is 10.8. The predicted octanol–water partition coefficient (Wildman–Crippen LogP) is 2.09. The van der Waals surface area contributed by atoms with Gasteiger partial charge < -0.3 is 10.1 Å². The van der Waals surface area contributed by atoms with Crippen LogP contribution in [0.5, 0.6) is 5.75 Å². The van der Waals surface area contributed by atoms with Gasteiger partial charge in [0, 0.05) is 0 Å². The fourth-order valence-electron chi connectivity index (χ4n) is 2.13. The maximum atomic E-state index is 13.2. The maximum absolute atomic E-state index is 13.2. The van der Waals surface area contributed by atoms with Crippen LogP contribution in [-0.2, 0) is 16.6 Å². The average Bonchev–Trinajstić information content (AvgIpc) is 2.54. The van der Waals surface area contributed by atoms with Gasteiger partial charge in [0.25, 0.3) is 10.0 Å². The number of fused-ring (bicyclic) bond motifs is 1. The first-order chi connectivity index (χ1) is 11.0. The minimum atomic E-state index is -3.83. The molecule has 0 atom stereocenters. The molecule has 8 heteroatoms. The number of nitrogens with one attached hydrogen (secondary N) is 2. The van der Waals surface area contributed by atoms with E-state index in [-0.39, 0.29) is 17.4 Å². The highest BCUT2D eigenvalue weighted by molar-refractivity contribution is 7.90. The molecule has 0 radical (unpaired) electrons. The Kier molecular flexibility index (Phi) is 3.91. The van der Waals surface area contributed by atoms with Gasteiger partial charge in [-0.15, -0.1) is 0 Å². The summed E-state index contributed by atoms with van der Waals surface area (Å²) in [6.45, 7) is 0.283. The quantitative estimate of drug-likeness (QED) is 0.900. The lowest BCUT2D eigenvalue weighted by atomic mass is 10.2. The molecule has 1 heterocycles. The minimum Gasteiger partial charge on any atom is -0.497 e. The number of aliphatic imine (C=N–C) groups is 1. The molecule has 0 fully saturated rings. The lowest BCUT2D eigenvalue weighted by Crippen LogP contribution is -2.40. The Labute approximate surface area is 133 Å². The van der Waals surface area contributed by atoms with Crippen LogP contribution in [0.15, 0.2) is 52.4 Å². The Hall–Kier alpha value is -2.61. The van der Waals surface area contributed by atoms with Crippen molar-refractivity contribution in [3.63, 3.8) is 0 Å². The molecule has 0 unspecified atom stereocenters. The summed E-state index contributed by atoms with van der Waals surface area (Å²) in [5, 5.41) is 2.84. The number of hydrogen-bond donors (Lipinski definition) is 2. The van der Waals surface area contributed by atoms with Crippen LogP contribution in [0.2, 0.25) is 0 Å². The lowest BCUT2D eigenvalue weighted by molar-refractivity contribution is 0.414. The molecular formula is C15H14FN3O3S. The van der Waals surface area contributed by atoms with Gasteiger partial charge in [-0.1, -0.05) is 12.1 Å². The molecule has 0 spiro atoms. The fraction of sp³-hybridized carbons (Fsp3) is 0.133. The molecule has 3 rings (SSSR count). The fourth-order valence-corrected chi connectivity index (χ4v) is 3.29. The van der Waals surface area contributed by atoms with E-state index in [4.69, 9.17) is 4.74 Å². The molecule has 2 N–H and O–H groups in total. The van der Waals surface area contributed by atoms with E-state index in [0.29, 0.717) is 5.69 Å². The van der Waals surface area contributed by atoms with Crippen LogP contribution in [0.3, 0.4) is 0 Å². The second-order valence-electron chi connectivity index (χ2n) is 4.88. The van der Waals surface area contributed by atoms with E-state index in [1.165, 1.54) is 12.1 Å². The predicted molar refractivity (Wildman–Crippen MR) is 84.5 cm³/mol. The Morgan fingerprint density at radius 2 is 1.91 bits per heavy atom. The van der Waals surface area contributed by atoms with Crippen LogP contribution >= 0.6 is 0 Å². The Bertz CT molecular complexity index is 864. The monoisotopic (exact) mass is 335 g/mol. The highest BCUT2D eigenvalue weighted by atomic mass is 32.2. The van der Waals surface area contributed by atoms with Crippen molar-refractivity contribution < 1.29 is 17.5 Å². The van der Waals surface area contributed by atoms with Gasteiger partial charge in [0.1, 0.15) is 16.5 Å². The summed E-state index contributed by atoms with van der Waals surface area (Å²) in [6.07, 6.45) is 0. The van der Waals surface area contributed by atoms with Crippen molar-refractivity contribution in [1.29, 1.82) is 0 Å². The molecule has 0 bridgehead atoms. The highest BCUT2D eigenvalue weighted by Crippen LogP contribution is 2.25. The topological polar surface area (TPSA) is 79.8 Å². The molecule has 6 nitrogen and oxygen atoms in total. The standard InChI is InChI=1S/C15H14FN3O3S/c1-22-12-5-2-10(3-6-12)9-17-15-18-13-7-4-11(16)8-14(13)23(20,21)19-15/h2-8H,9H2,1H3,(H2,17,18,19). The number of hydrogen-bond acceptors (Lipinski definition) is 4. The second kappa shape index (κ2) is 5.88. The maximum Gasteiger partial charge on any atom is 0.266 e. The zero-order valence-corrected chi connectivity index (χ0v) is 13.0. The van der Waals surface area contributed by atoms with Crippen molar-refractivity contribution in [3.8, 4) is 5.75 Å². The lowest BCUT2D eigenvalue weighted by Gasteiger charge is -2.21. The SMILES string of the molecule is COc1ccc(CN=C2Nc3ccc(F)cc3S(=O)(=O)N2)cc1. The van der Waals surface area contributed by atoms with E-state index in [9.17, 15) is 12.8 Å². The van der Waals surface area contributed by atoms with Crippen LogP contribution in [-0.4, -0.2) is 21.5 Å². The third-order valence-corrected chi connectivity index (χ3v) is 4.67. The van der Waals surface area contributed by atoms with Crippen molar-refractivity contribution in [2.45, 2.75) is 11.4 Å². The first-order valence-corrected chi connectivity index (χ1v) is 8.23. The van der Waals surface area contributed by atoms with E-state index in [1.807, 2.05) is 12.1 Å². The number of ether oxygens (including phenoxy) is 1. The van der Waals surface area contributed by atoms with Crippen LogP contribution in [0.4, 0.5) is 10.1 Å². The van der Waals surface area contributed by atoms with Gasteiger partial charge in [0.2, 0.25) is 5.96 Å². The number of methoxy groups -OCH3 is 1. The first-order valence-electron chi connectivity index (χ1n) is 6.75. The normalized spacial score (nSPS) is 17.0. The first kappa shape index (κ1) is 15.3. The van der Waals surface area contributed by atoms with Crippen LogP contribution in [0.25, 0.3) is 0 Å². The van der Waals surface area contributed by atoms with Gasteiger partial charge in [-0.3, -0.25) is 0 Å². The third kappa shape index (κ3) is 3.26. The van der Waals surface area contributed by atoms with Crippen molar-refractivity contribution in [3.05, 3.63) is 53.8 Å². The van der Waals surface area contributed by atoms with Crippen molar-refractivity contribution in [2.24, 2.45) is 4.99 Å². The number of nitrogens with zero attached hydrogens (tertiary/aromatic N) is 1. The van der Waals surface area contributed by atoms with Crippen LogP contribution in [0.1, 0.15) is 5.56 Å². The largest absolute Gasteiger partial charge is 0.497 e. The number of rotatable bonds is 3. The number of halogens is 1. The summed E-state index contributed by atoms with van der Waals surface area (Å²) in [5.41, 5.74) is 1.18. The summed E-state index contributed by atoms with van der Waals surface area (Å²) in [5.74, 6) is 0.211. The van der Waals surface area contributed by atoms with E-state index in [1.54, 1.807) is 19.2 Å². The zero-order valence-electron chi connectivity index (χ0n) is 12.2. The zero-order chi connectivity index (χ0) is 16.4. The molecule has 1 aliphatic rings. The number of guanidine groups is 1. The van der Waals surface area contributed by atoms with E-state index in [2.05, 4.69) is 15.0 Å². The van der Waals surface area contributed by atoms with E-state index >= 15 is 0 Å². The Balaban J connectivity index is 1.83. The molecular weight excluding hydrogens is 321 g/mol. The van der Waals surface area contributed by atoms with Gasteiger partial charge >= 0.3 is 0 Å². The average molecular weight is 335 g/mol. The molecule has 120 valence electrons. The molecule has 0 saturated heterocycles. The molecule has 0 amide bonds. The minimum absolute atomic E-state index is 0.0972. The molecule has 2 aromatic rings. The van der Waals surface area contributed by atoms with Crippen LogP contribution in [0, 0.1) is 5.82 Å². The van der Waals surface area contributed by atoms with E-state index < -0.39 is 15.8 Å². The summed E-state index contributed by atoms with van der Waals surface area (Å²) < 4.78 is 44.8. The van der Waals surface area contributed by atoms with Crippen molar-refractivity contribution in [1.82, 2.24) is 4.72 Å². The summed E-state index contributed by atoms with van der Waals surface area (Å²) in [4.78, 5) is 4.07. The van der Waals surface area contributed by atoms with Gasteiger partial charge in [-0.25, -0.2) is 22.5 Å². The summed E-state index contributed by atoms with van der Waals surface area (Å²) in [7, 11) is -2.25. The van der Waals surface area contributed by atoms with Gasteiger partial charge in [-0.2, -0.15) is 0 Å². The molecule has 0 saturated carbocycles. The number of sulfonamides is 1. The number of anilines is 1. The van der Waals surface area contributed by atoms with Gasteiger partial charge in [-0.05, 0) is 35.9 Å². The molecule has 2 aromatic carbocycles. The second-order valence-corrected chi connectivity index (χ2v) is 6.53. The van der Waals surface area contributed by atoms with E-state index in [0.717, 1.165) is 17.4 Å².